The molecular formula is C11H11BrO3. The summed E-state index contributed by atoms with van der Waals surface area (Å²) in [7, 11) is 0. The molecule has 4 heteroatoms. The first-order valence-corrected chi connectivity index (χ1v) is 5.54. The zero-order valence-electron chi connectivity index (χ0n) is 8.33. The highest BCUT2D eigenvalue weighted by atomic mass is 79.9. The second kappa shape index (κ2) is 4.23. The van der Waals surface area contributed by atoms with Crippen LogP contribution in [0.15, 0.2) is 16.6 Å². The fraction of sp³-hybridized carbons (Fsp3) is 0.364. The zero-order valence-corrected chi connectivity index (χ0v) is 9.91. The van der Waals surface area contributed by atoms with Crippen LogP contribution in [0, 0.1) is 0 Å². The predicted octanol–water partition coefficient (Wildman–Crippen LogP) is 2.87. The van der Waals surface area contributed by atoms with Crippen LogP contribution in [0.1, 0.15) is 24.8 Å². The molecule has 0 aliphatic carbocycles. The molecule has 1 aliphatic rings. The molecule has 1 aliphatic heterocycles. The molecule has 80 valence electrons. The van der Waals surface area contributed by atoms with E-state index in [1.165, 1.54) is 0 Å². The van der Waals surface area contributed by atoms with Crippen LogP contribution in [0.5, 0.6) is 11.5 Å². The van der Waals surface area contributed by atoms with E-state index in [0.29, 0.717) is 6.42 Å². The number of hydrogen-bond donors (Lipinski definition) is 0. The molecule has 2 rings (SSSR count). The van der Waals surface area contributed by atoms with Crippen molar-refractivity contribution in [3.63, 3.8) is 0 Å². The van der Waals surface area contributed by atoms with Gasteiger partial charge in [0, 0.05) is 6.42 Å². The zero-order chi connectivity index (χ0) is 10.8. The van der Waals surface area contributed by atoms with Crippen molar-refractivity contribution in [2.45, 2.75) is 19.3 Å². The van der Waals surface area contributed by atoms with E-state index >= 15 is 0 Å². The fourth-order valence-electron chi connectivity index (χ4n) is 1.55. The van der Waals surface area contributed by atoms with Crippen molar-refractivity contribution in [1.82, 2.24) is 0 Å². The van der Waals surface area contributed by atoms with Gasteiger partial charge in [0.25, 0.3) is 0 Å². The SMILES string of the molecule is CC(CC=O)c1cc(Br)c2c(c1)OCO2. The maximum Gasteiger partial charge on any atom is 0.231 e. The van der Waals surface area contributed by atoms with Crippen LogP contribution < -0.4 is 9.47 Å². The van der Waals surface area contributed by atoms with Crippen molar-refractivity contribution >= 4 is 22.2 Å². The highest BCUT2D eigenvalue weighted by Gasteiger charge is 2.19. The molecule has 0 saturated heterocycles. The second-order valence-corrected chi connectivity index (χ2v) is 4.39. The molecule has 0 bridgehead atoms. The number of carbonyl (C=O) groups excluding carboxylic acids is 1. The maximum absolute atomic E-state index is 10.4. The molecule has 0 radical (unpaired) electrons. The van der Waals surface area contributed by atoms with Crippen molar-refractivity contribution in [2.75, 3.05) is 6.79 Å². The molecule has 15 heavy (non-hydrogen) atoms. The van der Waals surface area contributed by atoms with Gasteiger partial charge in [0.05, 0.1) is 4.47 Å². The lowest BCUT2D eigenvalue weighted by atomic mass is 9.98. The Labute approximate surface area is 96.5 Å². The normalized spacial score (nSPS) is 15.1. The summed E-state index contributed by atoms with van der Waals surface area (Å²) in [6.45, 7) is 2.28. The van der Waals surface area contributed by atoms with Crippen LogP contribution in [-0.4, -0.2) is 13.1 Å². The Balaban J connectivity index is 2.34. The summed E-state index contributed by atoms with van der Waals surface area (Å²) in [5.74, 6) is 1.70. The van der Waals surface area contributed by atoms with Gasteiger partial charge in [0.2, 0.25) is 6.79 Å². The van der Waals surface area contributed by atoms with E-state index in [0.717, 1.165) is 27.8 Å². The minimum Gasteiger partial charge on any atom is -0.454 e. The second-order valence-electron chi connectivity index (χ2n) is 3.54. The molecule has 1 atom stereocenters. The number of carbonyl (C=O) groups is 1. The Morgan fingerprint density at radius 2 is 2.33 bits per heavy atom. The number of benzene rings is 1. The van der Waals surface area contributed by atoms with E-state index in [1.807, 2.05) is 19.1 Å². The first kappa shape index (κ1) is 10.5. The van der Waals surface area contributed by atoms with E-state index in [2.05, 4.69) is 15.9 Å². The lowest BCUT2D eigenvalue weighted by Crippen LogP contribution is -1.94. The number of halogens is 1. The van der Waals surface area contributed by atoms with Gasteiger partial charge in [0.15, 0.2) is 11.5 Å². The smallest absolute Gasteiger partial charge is 0.231 e. The Kier molecular flexibility index (Phi) is 2.95. The monoisotopic (exact) mass is 270 g/mol. The Hall–Kier alpha value is -1.03. The fourth-order valence-corrected chi connectivity index (χ4v) is 2.13. The first-order chi connectivity index (χ1) is 7.22. The molecule has 1 unspecified atom stereocenters. The van der Waals surface area contributed by atoms with Crippen molar-refractivity contribution in [3.05, 3.63) is 22.2 Å². The van der Waals surface area contributed by atoms with E-state index in [9.17, 15) is 4.79 Å². The van der Waals surface area contributed by atoms with Gasteiger partial charge >= 0.3 is 0 Å². The molecule has 1 aromatic carbocycles. The van der Waals surface area contributed by atoms with Gasteiger partial charge in [-0.25, -0.2) is 0 Å². The van der Waals surface area contributed by atoms with Crippen LogP contribution >= 0.6 is 15.9 Å². The molecule has 0 fully saturated rings. The minimum absolute atomic E-state index is 0.202. The summed E-state index contributed by atoms with van der Waals surface area (Å²) in [4.78, 5) is 10.4. The largest absolute Gasteiger partial charge is 0.454 e. The van der Waals surface area contributed by atoms with Gasteiger partial charge in [-0.1, -0.05) is 6.92 Å². The van der Waals surface area contributed by atoms with Gasteiger partial charge in [0.1, 0.15) is 6.29 Å². The van der Waals surface area contributed by atoms with Crippen LogP contribution in [0.25, 0.3) is 0 Å². The molecule has 0 saturated carbocycles. The maximum atomic E-state index is 10.4. The van der Waals surface area contributed by atoms with Crippen LogP contribution in [0.3, 0.4) is 0 Å². The number of rotatable bonds is 3. The van der Waals surface area contributed by atoms with Crippen molar-refractivity contribution in [1.29, 1.82) is 0 Å². The van der Waals surface area contributed by atoms with Crippen LogP contribution in [0.4, 0.5) is 0 Å². The average molecular weight is 271 g/mol. The highest BCUT2D eigenvalue weighted by molar-refractivity contribution is 9.10. The Morgan fingerprint density at radius 3 is 3.07 bits per heavy atom. The van der Waals surface area contributed by atoms with Crippen LogP contribution in [0.2, 0.25) is 0 Å². The molecule has 1 aromatic rings. The highest BCUT2D eigenvalue weighted by Crippen LogP contribution is 2.41. The van der Waals surface area contributed by atoms with Gasteiger partial charge in [-0.2, -0.15) is 0 Å². The lowest BCUT2D eigenvalue weighted by Gasteiger charge is -2.10. The van der Waals surface area contributed by atoms with Crippen molar-refractivity contribution < 1.29 is 14.3 Å². The third-order valence-electron chi connectivity index (χ3n) is 2.47. The molecule has 1 heterocycles. The van der Waals surface area contributed by atoms with E-state index < -0.39 is 0 Å². The van der Waals surface area contributed by atoms with E-state index in [4.69, 9.17) is 9.47 Å². The van der Waals surface area contributed by atoms with Gasteiger partial charge < -0.3 is 14.3 Å². The Morgan fingerprint density at radius 1 is 1.53 bits per heavy atom. The molecule has 0 spiro atoms. The molecular weight excluding hydrogens is 260 g/mol. The summed E-state index contributed by atoms with van der Waals surface area (Å²) >= 11 is 3.42. The van der Waals surface area contributed by atoms with Crippen molar-refractivity contribution in [3.8, 4) is 11.5 Å². The van der Waals surface area contributed by atoms with Gasteiger partial charge in [-0.05, 0) is 39.5 Å². The molecule has 0 amide bonds. The standard InChI is InChI=1S/C11H11BrO3/c1-7(2-3-13)8-4-9(12)11-10(5-8)14-6-15-11/h3-5,7H,2,6H2,1H3. The summed E-state index contributed by atoms with van der Waals surface area (Å²) in [6.07, 6.45) is 1.45. The first-order valence-electron chi connectivity index (χ1n) is 4.75. The van der Waals surface area contributed by atoms with E-state index in [-0.39, 0.29) is 12.7 Å². The van der Waals surface area contributed by atoms with Crippen LogP contribution in [-0.2, 0) is 4.79 Å². The Bertz CT molecular complexity index is 390. The summed E-state index contributed by atoms with van der Waals surface area (Å²) in [5.41, 5.74) is 1.08. The average Bonchev–Trinajstić information content (AvgIpc) is 2.66. The predicted molar refractivity (Wildman–Crippen MR) is 59.4 cm³/mol. The number of aldehydes is 1. The third kappa shape index (κ3) is 2.00. The molecule has 0 aromatic heterocycles. The van der Waals surface area contributed by atoms with Gasteiger partial charge in [-0.15, -0.1) is 0 Å². The minimum atomic E-state index is 0.202. The number of hydrogen-bond acceptors (Lipinski definition) is 3. The summed E-state index contributed by atoms with van der Waals surface area (Å²) in [6, 6.07) is 3.91. The lowest BCUT2D eigenvalue weighted by molar-refractivity contribution is -0.108. The topological polar surface area (TPSA) is 35.5 Å². The quantitative estimate of drug-likeness (QED) is 0.793. The third-order valence-corrected chi connectivity index (χ3v) is 3.06. The molecule has 0 N–H and O–H groups in total. The number of fused-ring (bicyclic) bond motifs is 1. The van der Waals surface area contributed by atoms with Crippen molar-refractivity contribution in [2.24, 2.45) is 0 Å². The van der Waals surface area contributed by atoms with Gasteiger partial charge in [-0.3, -0.25) is 0 Å². The number of ether oxygens (including phenoxy) is 2. The molecule has 3 nitrogen and oxygen atoms in total. The van der Waals surface area contributed by atoms with E-state index in [1.54, 1.807) is 0 Å². The summed E-state index contributed by atoms with van der Waals surface area (Å²) < 4.78 is 11.5. The summed E-state index contributed by atoms with van der Waals surface area (Å²) in [5, 5.41) is 0.